The number of rotatable bonds is 5. The Morgan fingerprint density at radius 1 is 1.21 bits per heavy atom. The number of hydrogen-bond acceptors (Lipinski definition) is 4. The first kappa shape index (κ1) is 18.3. The predicted molar refractivity (Wildman–Crippen MR) is 92.8 cm³/mol. The van der Waals surface area contributed by atoms with Crippen molar-refractivity contribution in [3.8, 4) is 0 Å². The number of urea groups is 1. The zero-order valence-corrected chi connectivity index (χ0v) is 14.7. The van der Waals surface area contributed by atoms with Gasteiger partial charge in [0, 0.05) is 23.8 Å². The summed E-state index contributed by atoms with van der Waals surface area (Å²) < 4.78 is 22.7. The summed E-state index contributed by atoms with van der Waals surface area (Å²) >= 11 is 0. The highest BCUT2D eigenvalue weighted by Crippen LogP contribution is 2.13. The number of amides is 3. The van der Waals surface area contributed by atoms with Crippen LogP contribution in [0.5, 0.6) is 0 Å². The van der Waals surface area contributed by atoms with Crippen LogP contribution in [0.1, 0.15) is 30.6 Å². The van der Waals surface area contributed by atoms with Crippen molar-refractivity contribution in [2.24, 2.45) is 5.92 Å². The number of nitrogens with one attached hydrogen (secondary N) is 3. The lowest BCUT2D eigenvalue weighted by Crippen LogP contribution is -2.38. The fourth-order valence-corrected chi connectivity index (χ4v) is 4.04. The lowest BCUT2D eigenvalue weighted by atomic mass is 10.1. The summed E-state index contributed by atoms with van der Waals surface area (Å²) in [5.74, 6) is 0.307. The molecule has 0 radical (unpaired) electrons. The van der Waals surface area contributed by atoms with Crippen molar-refractivity contribution in [1.82, 2.24) is 10.6 Å². The Labute approximate surface area is 142 Å². The molecule has 8 heteroatoms. The summed E-state index contributed by atoms with van der Waals surface area (Å²) in [4.78, 5) is 23.8. The van der Waals surface area contributed by atoms with Gasteiger partial charge in [0.05, 0.1) is 11.5 Å². The van der Waals surface area contributed by atoms with Crippen LogP contribution in [0.2, 0.25) is 0 Å². The number of anilines is 1. The van der Waals surface area contributed by atoms with Gasteiger partial charge >= 0.3 is 6.03 Å². The second-order valence-corrected chi connectivity index (χ2v) is 8.61. The molecule has 3 N–H and O–H groups in total. The normalized spacial score (nSPS) is 19.0. The molecule has 0 aromatic heterocycles. The van der Waals surface area contributed by atoms with Crippen molar-refractivity contribution in [1.29, 1.82) is 0 Å². The Morgan fingerprint density at radius 2 is 1.88 bits per heavy atom. The average Bonchev–Trinajstić information content (AvgIpc) is 2.84. The Kier molecular flexibility index (Phi) is 5.82. The molecule has 1 atom stereocenters. The predicted octanol–water partition coefficient (Wildman–Crippen LogP) is 1.38. The standard InChI is InChI=1S/C16H23N3O4S/c1-11(2)9-17-15(20)12-3-5-13(6-4-12)18-16(21)19-14-7-8-24(22,23)10-14/h3-6,11,14H,7-10H2,1-2H3,(H,17,20)(H2,18,19,21)/t14-/m1/s1. The number of hydrogen-bond donors (Lipinski definition) is 3. The molecule has 24 heavy (non-hydrogen) atoms. The van der Waals surface area contributed by atoms with Crippen molar-refractivity contribution in [3.05, 3.63) is 29.8 Å². The van der Waals surface area contributed by atoms with Crippen LogP contribution in [0.25, 0.3) is 0 Å². The molecular weight excluding hydrogens is 330 g/mol. The van der Waals surface area contributed by atoms with Gasteiger partial charge in [-0.3, -0.25) is 4.79 Å². The second-order valence-electron chi connectivity index (χ2n) is 6.38. The van der Waals surface area contributed by atoms with E-state index in [2.05, 4.69) is 16.0 Å². The smallest absolute Gasteiger partial charge is 0.319 e. The summed E-state index contributed by atoms with van der Waals surface area (Å²) in [6.45, 7) is 4.63. The van der Waals surface area contributed by atoms with E-state index in [9.17, 15) is 18.0 Å². The first-order chi connectivity index (χ1) is 11.2. The van der Waals surface area contributed by atoms with Crippen LogP contribution < -0.4 is 16.0 Å². The van der Waals surface area contributed by atoms with Crippen molar-refractivity contribution in [3.63, 3.8) is 0 Å². The molecule has 1 heterocycles. The van der Waals surface area contributed by atoms with Crippen LogP contribution in [-0.4, -0.2) is 44.4 Å². The molecular formula is C16H23N3O4S. The third-order valence-electron chi connectivity index (χ3n) is 3.64. The lowest BCUT2D eigenvalue weighted by molar-refractivity contribution is 0.0949. The van der Waals surface area contributed by atoms with Gasteiger partial charge in [0.1, 0.15) is 0 Å². The molecule has 3 amide bonds. The maximum atomic E-state index is 11.9. The molecule has 7 nitrogen and oxygen atoms in total. The summed E-state index contributed by atoms with van der Waals surface area (Å²) in [5.41, 5.74) is 1.05. The van der Waals surface area contributed by atoms with Gasteiger partial charge in [-0.1, -0.05) is 13.8 Å². The van der Waals surface area contributed by atoms with E-state index < -0.39 is 15.9 Å². The molecule has 0 saturated carbocycles. The number of sulfone groups is 1. The van der Waals surface area contributed by atoms with Crippen LogP contribution in [0.3, 0.4) is 0 Å². The SMILES string of the molecule is CC(C)CNC(=O)c1ccc(NC(=O)N[C@@H]2CCS(=O)(=O)C2)cc1. The first-order valence-electron chi connectivity index (χ1n) is 7.91. The third kappa shape index (κ3) is 5.52. The van der Waals surface area contributed by atoms with E-state index in [1.54, 1.807) is 24.3 Å². The molecule has 1 aromatic carbocycles. The first-order valence-corrected chi connectivity index (χ1v) is 9.73. The van der Waals surface area contributed by atoms with Gasteiger partial charge in [-0.2, -0.15) is 0 Å². The molecule has 1 aliphatic rings. The summed E-state index contributed by atoms with van der Waals surface area (Å²) in [6, 6.07) is 5.73. The van der Waals surface area contributed by atoms with Crippen LogP contribution in [0, 0.1) is 5.92 Å². The Hall–Kier alpha value is -2.09. The van der Waals surface area contributed by atoms with Crippen LogP contribution in [-0.2, 0) is 9.84 Å². The molecule has 0 spiro atoms. The van der Waals surface area contributed by atoms with E-state index in [0.717, 1.165) is 0 Å². The highest BCUT2D eigenvalue weighted by Gasteiger charge is 2.28. The Morgan fingerprint density at radius 3 is 2.42 bits per heavy atom. The van der Waals surface area contributed by atoms with Gasteiger partial charge in [-0.05, 0) is 36.6 Å². The van der Waals surface area contributed by atoms with Gasteiger partial charge in [0.25, 0.3) is 5.91 Å². The molecule has 1 aliphatic heterocycles. The van der Waals surface area contributed by atoms with Crippen molar-refractivity contribution >= 4 is 27.5 Å². The molecule has 0 unspecified atom stereocenters. The van der Waals surface area contributed by atoms with Gasteiger partial charge in [0.15, 0.2) is 9.84 Å². The van der Waals surface area contributed by atoms with Crippen LogP contribution in [0.4, 0.5) is 10.5 Å². The second kappa shape index (κ2) is 7.65. The molecule has 1 fully saturated rings. The minimum Gasteiger partial charge on any atom is -0.352 e. The molecule has 1 aromatic rings. The fraction of sp³-hybridized carbons (Fsp3) is 0.500. The number of carbonyl (C=O) groups is 2. The van der Waals surface area contributed by atoms with Crippen molar-refractivity contribution in [2.45, 2.75) is 26.3 Å². The average molecular weight is 353 g/mol. The van der Waals surface area contributed by atoms with Gasteiger partial charge in [-0.15, -0.1) is 0 Å². The highest BCUT2D eigenvalue weighted by atomic mass is 32.2. The van der Waals surface area contributed by atoms with E-state index in [4.69, 9.17) is 0 Å². The van der Waals surface area contributed by atoms with Gasteiger partial charge in [0.2, 0.25) is 0 Å². The molecule has 132 valence electrons. The minimum atomic E-state index is -3.03. The summed E-state index contributed by atoms with van der Waals surface area (Å²) in [6.07, 6.45) is 0.435. The van der Waals surface area contributed by atoms with Crippen molar-refractivity contribution in [2.75, 3.05) is 23.4 Å². The van der Waals surface area contributed by atoms with Crippen molar-refractivity contribution < 1.29 is 18.0 Å². The number of benzene rings is 1. The highest BCUT2D eigenvalue weighted by molar-refractivity contribution is 7.91. The van der Waals surface area contributed by atoms with E-state index in [1.807, 2.05) is 13.8 Å². The maximum Gasteiger partial charge on any atom is 0.319 e. The lowest BCUT2D eigenvalue weighted by Gasteiger charge is -2.12. The molecule has 0 bridgehead atoms. The Bertz CT molecular complexity index is 699. The van der Waals surface area contributed by atoms with E-state index in [-0.39, 0.29) is 23.5 Å². The number of carbonyl (C=O) groups excluding carboxylic acids is 2. The van der Waals surface area contributed by atoms with Gasteiger partial charge < -0.3 is 16.0 Å². The third-order valence-corrected chi connectivity index (χ3v) is 5.41. The van der Waals surface area contributed by atoms with Crippen LogP contribution in [0.15, 0.2) is 24.3 Å². The van der Waals surface area contributed by atoms with E-state index in [1.165, 1.54) is 0 Å². The summed E-state index contributed by atoms with van der Waals surface area (Å²) in [5, 5.41) is 8.10. The van der Waals surface area contributed by atoms with Crippen LogP contribution >= 0.6 is 0 Å². The largest absolute Gasteiger partial charge is 0.352 e. The molecule has 1 saturated heterocycles. The Balaban J connectivity index is 1.85. The summed E-state index contributed by atoms with van der Waals surface area (Å²) in [7, 11) is -3.03. The quantitative estimate of drug-likeness (QED) is 0.744. The topological polar surface area (TPSA) is 104 Å². The monoisotopic (exact) mass is 353 g/mol. The fourth-order valence-electron chi connectivity index (χ4n) is 2.37. The zero-order chi connectivity index (χ0) is 17.7. The zero-order valence-electron chi connectivity index (χ0n) is 13.8. The van der Waals surface area contributed by atoms with E-state index in [0.29, 0.717) is 30.1 Å². The van der Waals surface area contributed by atoms with Gasteiger partial charge in [-0.25, -0.2) is 13.2 Å². The minimum absolute atomic E-state index is 0.0185. The maximum absolute atomic E-state index is 11.9. The molecule has 0 aliphatic carbocycles. The van der Waals surface area contributed by atoms with E-state index >= 15 is 0 Å². The molecule has 2 rings (SSSR count).